The van der Waals surface area contributed by atoms with E-state index in [1.54, 1.807) is 7.05 Å². The molecule has 8 nitrogen and oxygen atoms in total. The van der Waals surface area contributed by atoms with Crippen molar-refractivity contribution in [1.29, 1.82) is 0 Å². The van der Waals surface area contributed by atoms with Crippen LogP contribution in [0.3, 0.4) is 0 Å². The minimum Gasteiger partial charge on any atom is -0.490 e. The summed E-state index contributed by atoms with van der Waals surface area (Å²) in [5, 5.41) is 6.46. The van der Waals surface area contributed by atoms with E-state index in [0.29, 0.717) is 32.3 Å². The van der Waals surface area contributed by atoms with Crippen molar-refractivity contribution in [2.75, 3.05) is 52.0 Å². The van der Waals surface area contributed by atoms with Gasteiger partial charge in [-0.1, -0.05) is 6.07 Å². The second-order valence-corrected chi connectivity index (χ2v) is 8.44. The molecule has 0 bridgehead atoms. The molecule has 168 valence electrons. The summed E-state index contributed by atoms with van der Waals surface area (Å²) >= 11 is 0. The Hall–Kier alpha value is -1.27. The minimum atomic E-state index is -2.99. The molecule has 1 aromatic carbocycles. The van der Waals surface area contributed by atoms with Crippen molar-refractivity contribution in [2.24, 2.45) is 4.99 Å². The smallest absolute Gasteiger partial charge is 0.191 e. The van der Waals surface area contributed by atoms with E-state index in [9.17, 15) is 8.42 Å². The van der Waals surface area contributed by atoms with Crippen LogP contribution in [0, 0.1) is 0 Å². The number of nitrogens with one attached hydrogen (secondary N) is 2. The maximum absolute atomic E-state index is 11.1. The van der Waals surface area contributed by atoms with Gasteiger partial charge in [0.05, 0.1) is 38.2 Å². The van der Waals surface area contributed by atoms with E-state index in [1.165, 1.54) is 6.26 Å². The number of ether oxygens (including phenoxy) is 3. The van der Waals surface area contributed by atoms with Crippen LogP contribution in [-0.2, 0) is 14.6 Å². The predicted octanol–water partition coefficient (Wildman–Crippen LogP) is 2.39. The fraction of sp³-hybridized carbons (Fsp3) is 0.632. The van der Waals surface area contributed by atoms with E-state index < -0.39 is 9.84 Å². The van der Waals surface area contributed by atoms with E-state index in [4.69, 9.17) is 14.2 Å². The maximum Gasteiger partial charge on any atom is 0.191 e. The van der Waals surface area contributed by atoms with Gasteiger partial charge in [-0.25, -0.2) is 8.42 Å². The first-order chi connectivity index (χ1) is 13.3. The lowest BCUT2D eigenvalue weighted by atomic mass is 10.1. The summed E-state index contributed by atoms with van der Waals surface area (Å²) in [6.07, 6.45) is 1.19. The van der Waals surface area contributed by atoms with Crippen LogP contribution < -0.4 is 20.1 Å². The number of halogens is 1. The third-order valence-corrected chi connectivity index (χ3v) is 4.69. The van der Waals surface area contributed by atoms with E-state index >= 15 is 0 Å². The first-order valence-corrected chi connectivity index (χ1v) is 11.5. The topological polar surface area (TPSA) is 98.2 Å². The molecule has 0 fully saturated rings. The summed E-state index contributed by atoms with van der Waals surface area (Å²) in [6, 6.07) is 5.86. The van der Waals surface area contributed by atoms with Crippen LogP contribution in [0.25, 0.3) is 0 Å². The molecule has 0 aliphatic rings. The highest BCUT2D eigenvalue weighted by Gasteiger charge is 2.12. The van der Waals surface area contributed by atoms with Crippen LogP contribution >= 0.6 is 24.0 Å². The SMILES string of the molecule is CCOc1ccc(C(C)NC(=NC)NCCOCCS(C)(=O)=O)cc1OCC.I. The molecular formula is C19H34IN3O5S. The van der Waals surface area contributed by atoms with E-state index in [0.717, 1.165) is 17.1 Å². The monoisotopic (exact) mass is 543 g/mol. The van der Waals surface area contributed by atoms with Crippen molar-refractivity contribution in [3.8, 4) is 11.5 Å². The summed E-state index contributed by atoms with van der Waals surface area (Å²) in [5.74, 6) is 2.11. The quantitative estimate of drug-likeness (QED) is 0.181. The van der Waals surface area contributed by atoms with Gasteiger partial charge < -0.3 is 24.8 Å². The number of aliphatic imine (C=N–C) groups is 1. The molecule has 0 amide bonds. The molecule has 2 N–H and O–H groups in total. The Labute approximate surface area is 191 Å². The molecule has 29 heavy (non-hydrogen) atoms. The van der Waals surface area contributed by atoms with Gasteiger partial charge in [-0.2, -0.15) is 0 Å². The van der Waals surface area contributed by atoms with Gasteiger partial charge in [0.25, 0.3) is 0 Å². The maximum atomic E-state index is 11.1. The van der Waals surface area contributed by atoms with Gasteiger partial charge in [0.1, 0.15) is 9.84 Å². The zero-order chi connectivity index (χ0) is 21.0. The molecular weight excluding hydrogens is 509 g/mol. The molecule has 0 saturated carbocycles. The molecule has 0 radical (unpaired) electrons. The molecule has 1 aromatic rings. The number of sulfone groups is 1. The summed E-state index contributed by atoms with van der Waals surface area (Å²) in [7, 11) is -1.30. The van der Waals surface area contributed by atoms with Crippen LogP contribution in [0.1, 0.15) is 32.4 Å². The molecule has 0 aliphatic heterocycles. The second-order valence-electron chi connectivity index (χ2n) is 6.18. The van der Waals surface area contributed by atoms with Crippen LogP contribution in [0.4, 0.5) is 0 Å². The Morgan fingerprint density at radius 1 is 1.14 bits per heavy atom. The van der Waals surface area contributed by atoms with Gasteiger partial charge >= 0.3 is 0 Å². The summed E-state index contributed by atoms with van der Waals surface area (Å²) in [5.41, 5.74) is 1.04. The fourth-order valence-electron chi connectivity index (χ4n) is 2.37. The Balaban J connectivity index is 0.00000784. The van der Waals surface area contributed by atoms with Gasteiger partial charge in [-0.05, 0) is 38.5 Å². The highest BCUT2D eigenvalue weighted by Crippen LogP contribution is 2.30. The van der Waals surface area contributed by atoms with Crippen LogP contribution in [0.15, 0.2) is 23.2 Å². The van der Waals surface area contributed by atoms with Crippen molar-refractivity contribution in [3.05, 3.63) is 23.8 Å². The van der Waals surface area contributed by atoms with E-state index in [1.807, 2.05) is 39.0 Å². The lowest BCUT2D eigenvalue weighted by Gasteiger charge is -2.20. The van der Waals surface area contributed by atoms with Gasteiger partial charge in [0.2, 0.25) is 0 Å². The Morgan fingerprint density at radius 3 is 2.38 bits per heavy atom. The Kier molecular flexibility index (Phi) is 14.0. The highest BCUT2D eigenvalue weighted by atomic mass is 127. The predicted molar refractivity (Wildman–Crippen MR) is 128 cm³/mol. The fourth-order valence-corrected chi connectivity index (χ4v) is 2.79. The zero-order valence-corrected chi connectivity index (χ0v) is 21.0. The van der Waals surface area contributed by atoms with Crippen molar-refractivity contribution in [1.82, 2.24) is 10.6 Å². The molecule has 1 rings (SSSR count). The summed E-state index contributed by atoms with van der Waals surface area (Å²) < 4.78 is 38.7. The van der Waals surface area contributed by atoms with Crippen LogP contribution in [-0.4, -0.2) is 66.4 Å². The van der Waals surface area contributed by atoms with Crippen molar-refractivity contribution in [2.45, 2.75) is 26.8 Å². The molecule has 0 heterocycles. The van der Waals surface area contributed by atoms with Crippen LogP contribution in [0.2, 0.25) is 0 Å². The molecule has 0 saturated heterocycles. The zero-order valence-electron chi connectivity index (χ0n) is 17.9. The number of hydrogen-bond acceptors (Lipinski definition) is 6. The van der Waals surface area contributed by atoms with E-state index in [-0.39, 0.29) is 42.4 Å². The first-order valence-electron chi connectivity index (χ1n) is 9.42. The highest BCUT2D eigenvalue weighted by molar-refractivity contribution is 14.0. The summed E-state index contributed by atoms with van der Waals surface area (Å²) in [6.45, 7) is 8.15. The van der Waals surface area contributed by atoms with Crippen molar-refractivity contribution < 1.29 is 22.6 Å². The standard InChI is InChI=1S/C19H33N3O5S.HI/c1-6-26-17-9-8-16(14-18(17)27-7-2)15(3)22-19(20-4)21-10-11-25-12-13-28(5,23)24;/h8-9,14-15H,6-7,10-13H2,1-5H3,(H2,20,21,22);1H. The van der Waals surface area contributed by atoms with Gasteiger partial charge in [-0.15, -0.1) is 24.0 Å². The Morgan fingerprint density at radius 2 is 1.79 bits per heavy atom. The van der Waals surface area contributed by atoms with Crippen molar-refractivity contribution in [3.63, 3.8) is 0 Å². The number of rotatable bonds is 12. The first kappa shape index (κ1) is 27.7. The number of guanidine groups is 1. The largest absolute Gasteiger partial charge is 0.490 e. The van der Waals surface area contributed by atoms with Gasteiger partial charge in [0, 0.05) is 19.8 Å². The number of hydrogen-bond donors (Lipinski definition) is 2. The Bertz CT molecular complexity index is 729. The molecule has 1 unspecified atom stereocenters. The van der Waals surface area contributed by atoms with Crippen molar-refractivity contribution >= 4 is 39.8 Å². The summed E-state index contributed by atoms with van der Waals surface area (Å²) in [4.78, 5) is 4.20. The second kappa shape index (κ2) is 14.7. The average molecular weight is 543 g/mol. The van der Waals surface area contributed by atoms with Gasteiger partial charge in [-0.3, -0.25) is 4.99 Å². The number of benzene rings is 1. The van der Waals surface area contributed by atoms with E-state index in [2.05, 4.69) is 15.6 Å². The molecule has 0 spiro atoms. The lowest BCUT2D eigenvalue weighted by molar-refractivity contribution is 0.154. The normalized spacial score (nSPS) is 12.7. The minimum absolute atomic E-state index is 0. The molecule has 0 aromatic heterocycles. The van der Waals surface area contributed by atoms with Gasteiger partial charge in [0.15, 0.2) is 17.5 Å². The molecule has 0 aliphatic carbocycles. The third-order valence-electron chi connectivity index (χ3n) is 3.78. The molecule has 1 atom stereocenters. The van der Waals surface area contributed by atoms with Crippen LogP contribution in [0.5, 0.6) is 11.5 Å². The third kappa shape index (κ3) is 11.5. The molecule has 10 heteroatoms. The average Bonchev–Trinajstić information content (AvgIpc) is 2.64. The lowest BCUT2D eigenvalue weighted by Crippen LogP contribution is -2.40. The number of nitrogens with zero attached hydrogens (tertiary/aromatic N) is 1.